The lowest BCUT2D eigenvalue weighted by Gasteiger charge is -2.27. The summed E-state index contributed by atoms with van der Waals surface area (Å²) in [7, 11) is 2.75. The zero-order valence-electron chi connectivity index (χ0n) is 19.0. The Labute approximate surface area is 199 Å². The van der Waals surface area contributed by atoms with Crippen LogP contribution in [0.1, 0.15) is 31.2 Å². The van der Waals surface area contributed by atoms with Crippen LogP contribution in [0.4, 0.5) is 0 Å². The van der Waals surface area contributed by atoms with Gasteiger partial charge < -0.3 is 30.7 Å². The van der Waals surface area contributed by atoms with E-state index in [1.807, 2.05) is 30.3 Å². The maximum absolute atomic E-state index is 12.6. The van der Waals surface area contributed by atoms with Crippen molar-refractivity contribution in [3.8, 4) is 0 Å². The number of carbonyl (C=O) groups excluding carboxylic acids is 4. The zero-order valence-corrected chi connectivity index (χ0v) is 19.8. The number of rotatable bonds is 10. The van der Waals surface area contributed by atoms with E-state index in [9.17, 15) is 19.2 Å². The molecule has 0 radical (unpaired) electrons. The third-order valence-corrected chi connectivity index (χ3v) is 5.43. The third kappa shape index (κ3) is 8.30. The highest BCUT2D eigenvalue weighted by molar-refractivity contribution is 5.90. The van der Waals surface area contributed by atoms with Crippen LogP contribution in [0.25, 0.3) is 0 Å². The summed E-state index contributed by atoms with van der Waals surface area (Å²) in [4.78, 5) is 51.6. The highest BCUT2D eigenvalue weighted by atomic mass is 35.5. The molecular weight excluding hydrogens is 452 g/mol. The van der Waals surface area contributed by atoms with Gasteiger partial charge in [-0.25, -0.2) is 4.79 Å². The van der Waals surface area contributed by atoms with E-state index >= 15 is 0 Å². The van der Waals surface area contributed by atoms with E-state index in [0.717, 1.165) is 5.56 Å². The number of halogens is 1. The molecule has 1 aliphatic heterocycles. The predicted molar refractivity (Wildman–Crippen MR) is 123 cm³/mol. The van der Waals surface area contributed by atoms with E-state index in [1.54, 1.807) is 0 Å². The van der Waals surface area contributed by atoms with Crippen molar-refractivity contribution >= 4 is 36.2 Å². The Bertz CT molecular complexity index is 809. The molecule has 0 aliphatic carbocycles. The van der Waals surface area contributed by atoms with Gasteiger partial charge in [-0.15, -0.1) is 12.4 Å². The largest absolute Gasteiger partial charge is 0.467 e. The van der Waals surface area contributed by atoms with Crippen LogP contribution >= 0.6 is 12.4 Å². The summed E-state index contributed by atoms with van der Waals surface area (Å²) < 4.78 is 9.93. The molecule has 1 heterocycles. The molecule has 1 aromatic carbocycles. The Morgan fingerprint density at radius 1 is 1.12 bits per heavy atom. The molecule has 1 aromatic rings. The number of hydrogen-bond acceptors (Lipinski definition) is 8. The van der Waals surface area contributed by atoms with E-state index in [2.05, 4.69) is 0 Å². The number of esters is 2. The van der Waals surface area contributed by atoms with E-state index in [4.69, 9.17) is 20.9 Å². The van der Waals surface area contributed by atoms with E-state index in [-0.39, 0.29) is 44.3 Å². The molecule has 0 bridgehead atoms. The minimum atomic E-state index is -0.921. The fourth-order valence-corrected chi connectivity index (χ4v) is 3.54. The van der Waals surface area contributed by atoms with Crippen LogP contribution in [0.2, 0.25) is 0 Å². The molecule has 10 nitrogen and oxygen atoms in total. The monoisotopic (exact) mass is 484 g/mol. The van der Waals surface area contributed by atoms with Crippen LogP contribution in [0.3, 0.4) is 0 Å². The van der Waals surface area contributed by atoms with Crippen LogP contribution in [0.5, 0.6) is 0 Å². The van der Waals surface area contributed by atoms with Gasteiger partial charge in [0.05, 0.1) is 19.7 Å². The third-order valence-electron chi connectivity index (χ3n) is 5.43. The molecule has 184 valence electrons. The standard InChI is InChI=1S/C22H32N4O6.ClH/c1-25(13-19(27)26-12-6-9-18(26)22(30)31-2)20(28)16(23)10-11-17(24)21(29)32-14-15-7-4-3-5-8-15;/h3-5,7-8,16-18H,6,9-14,23-24H2,1-2H3;1H/t16-,17?,18-;/m0./s1. The number of nitrogens with zero attached hydrogens (tertiary/aromatic N) is 2. The van der Waals surface area contributed by atoms with Gasteiger partial charge in [-0.2, -0.15) is 0 Å². The fourth-order valence-electron chi connectivity index (χ4n) is 3.54. The highest BCUT2D eigenvalue weighted by Crippen LogP contribution is 2.18. The van der Waals surface area contributed by atoms with Gasteiger partial charge in [0, 0.05) is 13.6 Å². The molecular formula is C22H33ClN4O6. The second kappa shape index (κ2) is 13.8. The Balaban J connectivity index is 0.00000544. The first-order valence-electron chi connectivity index (χ1n) is 10.6. The number of methoxy groups -OCH3 is 1. The normalized spacial score (nSPS) is 16.8. The first kappa shape index (κ1) is 28.3. The maximum Gasteiger partial charge on any atom is 0.328 e. The molecule has 4 N–H and O–H groups in total. The fraction of sp³-hybridized carbons (Fsp3) is 0.545. The number of benzene rings is 1. The first-order chi connectivity index (χ1) is 15.2. The van der Waals surface area contributed by atoms with Crippen molar-refractivity contribution in [1.29, 1.82) is 0 Å². The van der Waals surface area contributed by atoms with Gasteiger partial charge in [-0.3, -0.25) is 14.4 Å². The molecule has 1 fully saturated rings. The van der Waals surface area contributed by atoms with Crippen LogP contribution in [-0.2, 0) is 35.3 Å². The Morgan fingerprint density at radius 2 is 1.76 bits per heavy atom. The number of hydrogen-bond donors (Lipinski definition) is 2. The smallest absolute Gasteiger partial charge is 0.328 e. The Morgan fingerprint density at radius 3 is 2.39 bits per heavy atom. The molecule has 0 aromatic heterocycles. The number of nitrogens with two attached hydrogens (primary N) is 2. The Hall–Kier alpha value is -2.69. The van der Waals surface area contributed by atoms with Crippen molar-refractivity contribution in [3.05, 3.63) is 35.9 Å². The van der Waals surface area contributed by atoms with E-state index < -0.39 is 36.0 Å². The van der Waals surface area contributed by atoms with E-state index in [1.165, 1.54) is 24.0 Å². The van der Waals surface area contributed by atoms with Crippen molar-refractivity contribution in [2.75, 3.05) is 27.2 Å². The topological polar surface area (TPSA) is 145 Å². The van der Waals surface area contributed by atoms with Gasteiger partial charge in [0.15, 0.2) is 0 Å². The van der Waals surface area contributed by atoms with Gasteiger partial charge in [-0.05, 0) is 31.2 Å². The minimum Gasteiger partial charge on any atom is -0.467 e. The molecule has 11 heteroatoms. The highest BCUT2D eigenvalue weighted by Gasteiger charge is 2.35. The van der Waals surface area contributed by atoms with Gasteiger partial charge >= 0.3 is 11.9 Å². The quantitative estimate of drug-likeness (QED) is 0.448. The number of amides is 2. The van der Waals surface area contributed by atoms with Gasteiger partial charge in [0.1, 0.15) is 18.7 Å². The summed E-state index contributed by atoms with van der Waals surface area (Å²) >= 11 is 0. The summed E-state index contributed by atoms with van der Waals surface area (Å²) in [6, 6.07) is 6.76. The van der Waals surface area contributed by atoms with Gasteiger partial charge in [0.2, 0.25) is 11.8 Å². The number of carbonyl (C=O) groups is 4. The van der Waals surface area contributed by atoms with Crippen LogP contribution in [0.15, 0.2) is 30.3 Å². The first-order valence-corrected chi connectivity index (χ1v) is 10.6. The average Bonchev–Trinajstić information content (AvgIpc) is 3.30. The molecule has 33 heavy (non-hydrogen) atoms. The van der Waals surface area contributed by atoms with Crippen molar-refractivity contribution < 1.29 is 28.7 Å². The molecule has 2 amide bonds. The summed E-state index contributed by atoms with van der Waals surface area (Å²) in [5, 5.41) is 0. The molecule has 1 saturated heterocycles. The predicted octanol–water partition coefficient (Wildman–Crippen LogP) is 0.209. The molecule has 1 unspecified atom stereocenters. The van der Waals surface area contributed by atoms with Crippen molar-refractivity contribution in [2.24, 2.45) is 11.5 Å². The van der Waals surface area contributed by atoms with Crippen molar-refractivity contribution in [1.82, 2.24) is 9.80 Å². The van der Waals surface area contributed by atoms with Crippen LogP contribution < -0.4 is 11.5 Å². The SMILES string of the molecule is COC(=O)[C@@H]1CCCN1C(=O)CN(C)C(=O)[C@@H](N)CCC(N)C(=O)OCc1ccccc1.Cl. The number of likely N-dealkylation sites (tertiary alicyclic amines) is 1. The van der Waals surface area contributed by atoms with Crippen LogP contribution in [-0.4, -0.2) is 78.9 Å². The molecule has 2 rings (SSSR count). The summed E-state index contributed by atoms with van der Waals surface area (Å²) in [5.41, 5.74) is 12.7. The van der Waals surface area contributed by atoms with E-state index in [0.29, 0.717) is 19.4 Å². The molecule has 3 atom stereocenters. The van der Waals surface area contributed by atoms with Crippen molar-refractivity contribution in [2.45, 2.75) is 50.4 Å². The second-order valence-electron chi connectivity index (χ2n) is 7.85. The van der Waals surface area contributed by atoms with Gasteiger partial charge in [0.25, 0.3) is 0 Å². The molecule has 0 spiro atoms. The van der Waals surface area contributed by atoms with Crippen molar-refractivity contribution in [3.63, 3.8) is 0 Å². The molecule has 0 saturated carbocycles. The minimum absolute atomic E-state index is 0. The van der Waals surface area contributed by atoms with Gasteiger partial charge in [-0.1, -0.05) is 30.3 Å². The zero-order chi connectivity index (χ0) is 23.7. The average molecular weight is 485 g/mol. The second-order valence-corrected chi connectivity index (χ2v) is 7.85. The number of ether oxygens (including phenoxy) is 2. The lowest BCUT2D eigenvalue weighted by molar-refractivity contribution is -0.152. The lowest BCUT2D eigenvalue weighted by atomic mass is 10.1. The Kier molecular flexibility index (Phi) is 11.8. The summed E-state index contributed by atoms with van der Waals surface area (Å²) in [6.07, 6.45) is 1.56. The van der Waals surface area contributed by atoms with Crippen LogP contribution in [0, 0.1) is 0 Å². The maximum atomic E-state index is 12.6. The summed E-state index contributed by atoms with van der Waals surface area (Å²) in [5.74, 6) is -1.83. The number of likely N-dealkylation sites (N-methyl/N-ethyl adjacent to an activating group) is 1. The summed E-state index contributed by atoms with van der Waals surface area (Å²) in [6.45, 7) is 0.351. The molecule has 1 aliphatic rings. The lowest BCUT2D eigenvalue weighted by Crippen LogP contribution is -2.49.